The Kier molecular flexibility index (Phi) is 12.4. The van der Waals surface area contributed by atoms with E-state index in [0.717, 1.165) is 38.5 Å². The van der Waals surface area contributed by atoms with Crippen molar-refractivity contribution in [2.24, 2.45) is 0 Å². The summed E-state index contributed by atoms with van der Waals surface area (Å²) in [5.41, 5.74) is 0. The first-order chi connectivity index (χ1) is 10.1. The molecule has 0 spiro atoms. The molecule has 0 saturated carbocycles. The van der Waals surface area contributed by atoms with Gasteiger partial charge in [0, 0.05) is 39.9 Å². The predicted octanol–water partition coefficient (Wildman–Crippen LogP) is 1.11. The van der Waals surface area contributed by atoms with Gasteiger partial charge in [0.15, 0.2) is 0 Å². The number of hydrogen-bond acceptors (Lipinski definition) is 3. The van der Waals surface area contributed by atoms with Crippen molar-refractivity contribution in [3.8, 4) is 0 Å². The second-order valence-electron chi connectivity index (χ2n) is 5.07. The van der Waals surface area contributed by atoms with Crippen LogP contribution in [-0.4, -0.2) is 38.4 Å². The number of carbonyl (C=O) groups excluding carboxylic acids is 3. The molecule has 6 nitrogen and oxygen atoms in total. The van der Waals surface area contributed by atoms with Gasteiger partial charge in [0.25, 0.3) is 0 Å². The minimum absolute atomic E-state index is 0.0520. The van der Waals surface area contributed by atoms with E-state index >= 15 is 0 Å². The van der Waals surface area contributed by atoms with Crippen molar-refractivity contribution >= 4 is 17.7 Å². The maximum Gasteiger partial charge on any atom is 0.219 e. The van der Waals surface area contributed by atoms with Crippen LogP contribution in [0.4, 0.5) is 0 Å². The summed E-state index contributed by atoms with van der Waals surface area (Å²) in [5.74, 6) is 0.188. The van der Waals surface area contributed by atoms with Crippen LogP contribution < -0.4 is 16.0 Å². The predicted molar refractivity (Wildman–Crippen MR) is 82.7 cm³/mol. The maximum atomic E-state index is 11.5. The third-order valence-corrected chi connectivity index (χ3v) is 3.27. The average molecular weight is 299 g/mol. The molecular formula is C15H29N3O3. The van der Waals surface area contributed by atoms with E-state index < -0.39 is 0 Å². The molecule has 0 fully saturated rings. The topological polar surface area (TPSA) is 87.3 Å². The first-order valence-corrected chi connectivity index (χ1v) is 7.78. The van der Waals surface area contributed by atoms with Gasteiger partial charge in [0.2, 0.25) is 17.7 Å². The molecule has 0 atom stereocenters. The summed E-state index contributed by atoms with van der Waals surface area (Å²) in [6, 6.07) is 0. The summed E-state index contributed by atoms with van der Waals surface area (Å²) in [6.07, 6.45) is 6.85. The molecule has 0 radical (unpaired) electrons. The lowest BCUT2D eigenvalue weighted by molar-refractivity contribution is -0.122. The Morgan fingerprint density at radius 2 is 1.05 bits per heavy atom. The SMILES string of the molecule is CNC(=O)CCCCCNC(=O)CCCCCC(=O)NC. The van der Waals surface area contributed by atoms with Crippen molar-refractivity contribution in [3.63, 3.8) is 0 Å². The van der Waals surface area contributed by atoms with Gasteiger partial charge in [-0.2, -0.15) is 0 Å². The molecule has 3 amide bonds. The Hall–Kier alpha value is -1.59. The van der Waals surface area contributed by atoms with Crippen LogP contribution in [0.3, 0.4) is 0 Å². The van der Waals surface area contributed by atoms with Crippen LogP contribution in [0.2, 0.25) is 0 Å². The van der Waals surface area contributed by atoms with Crippen molar-refractivity contribution < 1.29 is 14.4 Å². The van der Waals surface area contributed by atoms with E-state index in [-0.39, 0.29) is 17.7 Å². The smallest absolute Gasteiger partial charge is 0.219 e. The molecule has 0 aliphatic carbocycles. The molecular weight excluding hydrogens is 270 g/mol. The molecule has 0 aromatic carbocycles. The van der Waals surface area contributed by atoms with Gasteiger partial charge >= 0.3 is 0 Å². The summed E-state index contributed by atoms with van der Waals surface area (Å²) < 4.78 is 0. The second kappa shape index (κ2) is 13.4. The minimum Gasteiger partial charge on any atom is -0.359 e. The van der Waals surface area contributed by atoms with Gasteiger partial charge in [-0.15, -0.1) is 0 Å². The van der Waals surface area contributed by atoms with E-state index in [1.54, 1.807) is 14.1 Å². The van der Waals surface area contributed by atoms with Gasteiger partial charge in [0.1, 0.15) is 0 Å². The summed E-state index contributed by atoms with van der Waals surface area (Å²) in [7, 11) is 3.27. The number of nitrogens with one attached hydrogen (secondary N) is 3. The zero-order valence-electron chi connectivity index (χ0n) is 13.3. The largest absolute Gasteiger partial charge is 0.359 e. The van der Waals surface area contributed by atoms with Gasteiger partial charge < -0.3 is 16.0 Å². The molecule has 0 unspecified atom stereocenters. The Bertz CT molecular complexity index is 319. The molecule has 0 heterocycles. The highest BCUT2D eigenvalue weighted by molar-refractivity contribution is 5.76. The van der Waals surface area contributed by atoms with Crippen LogP contribution in [0, 0.1) is 0 Å². The number of amides is 3. The van der Waals surface area contributed by atoms with Crippen molar-refractivity contribution in [1.29, 1.82) is 0 Å². The fraction of sp³-hybridized carbons (Fsp3) is 0.800. The van der Waals surface area contributed by atoms with Crippen LogP contribution in [0.5, 0.6) is 0 Å². The zero-order valence-corrected chi connectivity index (χ0v) is 13.3. The van der Waals surface area contributed by atoms with Gasteiger partial charge in [-0.1, -0.05) is 12.8 Å². The summed E-state index contributed by atoms with van der Waals surface area (Å²) in [4.78, 5) is 33.5. The Labute approximate surface area is 127 Å². The van der Waals surface area contributed by atoms with E-state index in [1.165, 1.54) is 0 Å². The van der Waals surface area contributed by atoms with Crippen LogP contribution in [0.25, 0.3) is 0 Å². The first-order valence-electron chi connectivity index (χ1n) is 7.78. The standard InChI is InChI=1S/C15H29N3O3/c1-16-13(19)9-5-3-6-11-15(21)18-12-8-4-7-10-14(20)17-2/h3-12H2,1-2H3,(H,16,19)(H,17,20)(H,18,21). The van der Waals surface area contributed by atoms with Gasteiger partial charge in [0.05, 0.1) is 0 Å². The quantitative estimate of drug-likeness (QED) is 0.472. The van der Waals surface area contributed by atoms with Crippen molar-refractivity contribution in [2.45, 2.75) is 57.8 Å². The molecule has 0 aromatic heterocycles. The van der Waals surface area contributed by atoms with Crippen LogP contribution >= 0.6 is 0 Å². The molecule has 0 aromatic rings. The Morgan fingerprint density at radius 1 is 0.619 bits per heavy atom. The van der Waals surface area contributed by atoms with E-state index in [1.807, 2.05) is 0 Å². The van der Waals surface area contributed by atoms with E-state index in [9.17, 15) is 14.4 Å². The molecule has 0 rings (SSSR count). The lowest BCUT2D eigenvalue weighted by atomic mass is 10.1. The molecule has 122 valence electrons. The number of unbranched alkanes of at least 4 members (excludes halogenated alkanes) is 4. The summed E-state index contributed by atoms with van der Waals surface area (Å²) >= 11 is 0. The Balaban J connectivity index is 3.31. The monoisotopic (exact) mass is 299 g/mol. The number of hydrogen-bond donors (Lipinski definition) is 3. The number of carbonyl (C=O) groups is 3. The molecule has 6 heteroatoms. The molecule has 3 N–H and O–H groups in total. The van der Waals surface area contributed by atoms with Crippen LogP contribution in [-0.2, 0) is 14.4 Å². The third-order valence-electron chi connectivity index (χ3n) is 3.27. The highest BCUT2D eigenvalue weighted by Crippen LogP contribution is 2.03. The molecule has 0 bridgehead atoms. The van der Waals surface area contributed by atoms with Crippen molar-refractivity contribution in [2.75, 3.05) is 20.6 Å². The van der Waals surface area contributed by atoms with Crippen LogP contribution in [0.15, 0.2) is 0 Å². The first kappa shape index (κ1) is 19.4. The average Bonchev–Trinajstić information content (AvgIpc) is 2.49. The summed E-state index contributed by atoms with van der Waals surface area (Å²) in [5, 5.41) is 8.04. The van der Waals surface area contributed by atoms with E-state index in [2.05, 4.69) is 16.0 Å². The highest BCUT2D eigenvalue weighted by Gasteiger charge is 2.02. The third kappa shape index (κ3) is 13.2. The fourth-order valence-corrected chi connectivity index (χ4v) is 1.90. The molecule has 21 heavy (non-hydrogen) atoms. The van der Waals surface area contributed by atoms with Crippen molar-refractivity contribution in [1.82, 2.24) is 16.0 Å². The fourth-order valence-electron chi connectivity index (χ4n) is 1.90. The molecule has 0 saturated heterocycles. The van der Waals surface area contributed by atoms with Crippen LogP contribution in [0.1, 0.15) is 57.8 Å². The molecule has 0 aliphatic rings. The highest BCUT2D eigenvalue weighted by atomic mass is 16.2. The molecule has 0 aliphatic heterocycles. The lowest BCUT2D eigenvalue weighted by Gasteiger charge is -2.05. The van der Waals surface area contributed by atoms with E-state index in [0.29, 0.717) is 25.8 Å². The zero-order chi connectivity index (χ0) is 15.9. The minimum atomic E-state index is 0.0520. The van der Waals surface area contributed by atoms with Gasteiger partial charge in [-0.3, -0.25) is 14.4 Å². The van der Waals surface area contributed by atoms with Gasteiger partial charge in [-0.25, -0.2) is 0 Å². The van der Waals surface area contributed by atoms with Gasteiger partial charge in [-0.05, 0) is 25.7 Å². The normalized spacial score (nSPS) is 10.0. The summed E-state index contributed by atoms with van der Waals surface area (Å²) in [6.45, 7) is 0.671. The Morgan fingerprint density at radius 3 is 1.52 bits per heavy atom. The maximum absolute atomic E-state index is 11.5. The second-order valence-corrected chi connectivity index (χ2v) is 5.07. The van der Waals surface area contributed by atoms with Crippen molar-refractivity contribution in [3.05, 3.63) is 0 Å². The number of rotatable bonds is 12. The van der Waals surface area contributed by atoms with E-state index in [4.69, 9.17) is 0 Å². The lowest BCUT2D eigenvalue weighted by Crippen LogP contribution is -2.24.